The number of carbonyl (C=O) groups is 1. The van der Waals surface area contributed by atoms with Crippen molar-refractivity contribution >= 4 is 16.7 Å². The Labute approximate surface area is 160 Å². The fourth-order valence-corrected chi connectivity index (χ4v) is 3.38. The molecule has 3 N–H and O–H groups in total. The molecule has 4 nitrogen and oxygen atoms in total. The van der Waals surface area contributed by atoms with Gasteiger partial charge in [0.15, 0.2) is 6.54 Å². The van der Waals surface area contributed by atoms with Crippen LogP contribution in [0.2, 0.25) is 0 Å². The summed E-state index contributed by atoms with van der Waals surface area (Å²) in [6, 6.07) is 22.8. The number of carbonyl (C=O) groups excluding carboxylic acids is 1. The highest BCUT2D eigenvalue weighted by Gasteiger charge is 2.14. The summed E-state index contributed by atoms with van der Waals surface area (Å²) in [7, 11) is 1.67. The van der Waals surface area contributed by atoms with E-state index in [1.165, 1.54) is 16.3 Å². The van der Waals surface area contributed by atoms with Gasteiger partial charge in [0.1, 0.15) is 11.8 Å². The number of amides is 1. The first-order valence-electron chi connectivity index (χ1n) is 9.38. The van der Waals surface area contributed by atoms with E-state index in [0.29, 0.717) is 13.1 Å². The van der Waals surface area contributed by atoms with Crippen LogP contribution in [-0.4, -0.2) is 26.1 Å². The molecule has 1 amide bonds. The molecule has 0 spiro atoms. The van der Waals surface area contributed by atoms with Crippen molar-refractivity contribution in [3.63, 3.8) is 0 Å². The van der Waals surface area contributed by atoms with Gasteiger partial charge in [-0.15, -0.1) is 0 Å². The zero-order chi connectivity index (χ0) is 19.1. The van der Waals surface area contributed by atoms with Crippen LogP contribution in [0.25, 0.3) is 10.8 Å². The van der Waals surface area contributed by atoms with E-state index >= 15 is 0 Å². The van der Waals surface area contributed by atoms with Gasteiger partial charge in [0.25, 0.3) is 5.91 Å². The lowest BCUT2D eigenvalue weighted by Crippen LogP contribution is -2.87. The Morgan fingerprint density at radius 1 is 1.04 bits per heavy atom. The number of nitrogens with one attached hydrogen (secondary N) is 1. The van der Waals surface area contributed by atoms with E-state index in [-0.39, 0.29) is 11.9 Å². The van der Waals surface area contributed by atoms with Gasteiger partial charge >= 0.3 is 0 Å². The molecule has 0 heterocycles. The molecule has 0 aliphatic heterocycles. The van der Waals surface area contributed by atoms with Crippen molar-refractivity contribution in [2.45, 2.75) is 19.4 Å². The minimum Gasteiger partial charge on any atom is -0.496 e. The summed E-state index contributed by atoms with van der Waals surface area (Å²) < 4.78 is 5.35. The van der Waals surface area contributed by atoms with Crippen LogP contribution < -0.4 is 15.4 Å². The normalized spacial score (nSPS) is 11.9. The van der Waals surface area contributed by atoms with Crippen LogP contribution in [0, 0.1) is 0 Å². The summed E-state index contributed by atoms with van der Waals surface area (Å²) in [6.07, 6.45) is 0.759. The van der Waals surface area contributed by atoms with E-state index in [1.54, 1.807) is 7.11 Å². The quantitative estimate of drug-likeness (QED) is 0.647. The Bertz CT molecular complexity index is 902. The van der Waals surface area contributed by atoms with E-state index < -0.39 is 0 Å². The topological polar surface area (TPSA) is 54.9 Å². The van der Waals surface area contributed by atoms with Gasteiger partial charge in [0.2, 0.25) is 0 Å². The number of para-hydroxylation sites is 1. The minimum absolute atomic E-state index is 0.0528. The van der Waals surface area contributed by atoms with Gasteiger partial charge in [0, 0.05) is 12.1 Å². The largest absolute Gasteiger partial charge is 0.496 e. The first-order valence-corrected chi connectivity index (χ1v) is 9.38. The second kappa shape index (κ2) is 9.19. The van der Waals surface area contributed by atoms with Crippen LogP contribution in [0.1, 0.15) is 24.1 Å². The lowest BCUT2D eigenvalue weighted by Gasteiger charge is -2.14. The molecule has 3 rings (SSSR count). The maximum atomic E-state index is 12.2. The summed E-state index contributed by atoms with van der Waals surface area (Å²) in [5, 5.41) is 7.57. The first-order chi connectivity index (χ1) is 13.2. The van der Waals surface area contributed by atoms with Gasteiger partial charge in [-0.2, -0.15) is 0 Å². The molecule has 0 unspecified atom stereocenters. The fourth-order valence-electron chi connectivity index (χ4n) is 3.38. The number of methoxy groups -OCH3 is 1. The Morgan fingerprint density at radius 2 is 1.78 bits per heavy atom. The smallest absolute Gasteiger partial charge is 0.275 e. The van der Waals surface area contributed by atoms with E-state index in [0.717, 1.165) is 17.7 Å². The predicted octanol–water partition coefficient (Wildman–Crippen LogP) is 2.83. The Kier molecular flexibility index (Phi) is 6.44. The molecule has 0 saturated carbocycles. The second-order valence-corrected chi connectivity index (χ2v) is 6.71. The molecule has 0 aromatic heterocycles. The number of quaternary nitrogens is 1. The van der Waals surface area contributed by atoms with Gasteiger partial charge in [0.05, 0.1) is 7.11 Å². The van der Waals surface area contributed by atoms with Crippen LogP contribution in [0.4, 0.5) is 0 Å². The molecule has 0 bridgehead atoms. The highest BCUT2D eigenvalue weighted by atomic mass is 16.5. The molecule has 1 atom stereocenters. The highest BCUT2D eigenvalue weighted by molar-refractivity contribution is 5.86. The molecule has 140 valence electrons. The lowest BCUT2D eigenvalue weighted by atomic mass is 10.00. The number of ether oxygens (including phenoxy) is 1. The molecule has 0 aliphatic carbocycles. The standard InChI is InChI=1S/C23H26N2O2/c1-17(20-12-7-10-18-8-3-5-11-21(18)20)25-16-23(26)24-15-14-19-9-4-6-13-22(19)27-2/h3-13,17,25H,14-16H2,1-2H3,(H,24,26)/p+1/t17-/m0/s1. The monoisotopic (exact) mass is 363 g/mol. The third-order valence-corrected chi connectivity index (χ3v) is 4.88. The van der Waals surface area contributed by atoms with Crippen molar-refractivity contribution in [1.29, 1.82) is 0 Å². The average molecular weight is 363 g/mol. The first kappa shape index (κ1) is 18.9. The van der Waals surface area contributed by atoms with E-state index in [1.807, 2.05) is 24.3 Å². The summed E-state index contributed by atoms with van der Waals surface area (Å²) >= 11 is 0. The number of nitrogens with two attached hydrogens (primary N) is 1. The van der Waals surface area contributed by atoms with E-state index in [4.69, 9.17) is 4.74 Å². The van der Waals surface area contributed by atoms with Crippen molar-refractivity contribution < 1.29 is 14.8 Å². The van der Waals surface area contributed by atoms with Crippen molar-refractivity contribution in [2.24, 2.45) is 0 Å². The molecule has 0 aliphatic rings. The van der Waals surface area contributed by atoms with Gasteiger partial charge < -0.3 is 15.4 Å². The SMILES string of the molecule is COc1ccccc1CCNC(=O)C[NH2+][C@@H](C)c1cccc2ccccc12. The Balaban J connectivity index is 1.50. The van der Waals surface area contributed by atoms with Crippen LogP contribution in [0.5, 0.6) is 5.75 Å². The van der Waals surface area contributed by atoms with Crippen molar-refractivity contribution in [1.82, 2.24) is 5.32 Å². The number of benzene rings is 3. The maximum Gasteiger partial charge on any atom is 0.275 e. The molecule has 0 radical (unpaired) electrons. The molecule has 0 saturated heterocycles. The molecular weight excluding hydrogens is 336 g/mol. The van der Waals surface area contributed by atoms with Crippen LogP contribution >= 0.6 is 0 Å². The summed E-state index contributed by atoms with van der Waals surface area (Å²) in [5.74, 6) is 0.917. The van der Waals surface area contributed by atoms with Crippen molar-refractivity contribution in [3.8, 4) is 5.75 Å². The van der Waals surface area contributed by atoms with Gasteiger partial charge in [-0.05, 0) is 35.7 Å². The van der Waals surface area contributed by atoms with E-state index in [2.05, 4.69) is 60.0 Å². The average Bonchev–Trinajstić information content (AvgIpc) is 2.72. The third-order valence-electron chi connectivity index (χ3n) is 4.88. The number of rotatable bonds is 8. The van der Waals surface area contributed by atoms with E-state index in [9.17, 15) is 4.79 Å². The van der Waals surface area contributed by atoms with Crippen LogP contribution in [0.15, 0.2) is 66.7 Å². The minimum atomic E-state index is 0.0528. The summed E-state index contributed by atoms with van der Waals surface area (Å²) in [5.41, 5.74) is 2.36. The molecular formula is C23H27N2O2+. The molecule has 27 heavy (non-hydrogen) atoms. The van der Waals surface area contributed by atoms with Crippen molar-refractivity contribution in [2.75, 3.05) is 20.2 Å². The maximum absolute atomic E-state index is 12.2. The third kappa shape index (κ3) is 4.86. The summed E-state index contributed by atoms with van der Waals surface area (Å²) in [6.45, 7) is 3.16. The van der Waals surface area contributed by atoms with Crippen LogP contribution in [0.3, 0.4) is 0 Å². The van der Waals surface area contributed by atoms with Crippen LogP contribution in [-0.2, 0) is 11.2 Å². The van der Waals surface area contributed by atoms with Gasteiger partial charge in [-0.1, -0.05) is 60.7 Å². The number of fused-ring (bicyclic) bond motifs is 1. The number of hydrogen-bond acceptors (Lipinski definition) is 2. The zero-order valence-electron chi connectivity index (χ0n) is 15.9. The van der Waals surface area contributed by atoms with Crippen molar-refractivity contribution in [3.05, 3.63) is 77.9 Å². The molecule has 4 heteroatoms. The zero-order valence-corrected chi connectivity index (χ0v) is 15.9. The number of hydrogen-bond donors (Lipinski definition) is 2. The van der Waals surface area contributed by atoms with Gasteiger partial charge in [-0.3, -0.25) is 4.79 Å². The fraction of sp³-hybridized carbons (Fsp3) is 0.261. The highest BCUT2D eigenvalue weighted by Crippen LogP contribution is 2.22. The molecule has 0 fully saturated rings. The molecule has 3 aromatic carbocycles. The lowest BCUT2D eigenvalue weighted by molar-refractivity contribution is -0.682. The second-order valence-electron chi connectivity index (χ2n) is 6.71. The predicted molar refractivity (Wildman–Crippen MR) is 109 cm³/mol. The molecule has 3 aromatic rings. The van der Waals surface area contributed by atoms with Gasteiger partial charge in [-0.25, -0.2) is 0 Å². The summed E-state index contributed by atoms with van der Waals surface area (Å²) in [4.78, 5) is 12.2. The Hall–Kier alpha value is -2.85. The Morgan fingerprint density at radius 3 is 2.63 bits per heavy atom.